The molecule has 0 bridgehead atoms. The van der Waals surface area contributed by atoms with Crippen molar-refractivity contribution in [2.45, 2.75) is 26.3 Å². The van der Waals surface area contributed by atoms with Crippen molar-refractivity contribution in [1.29, 1.82) is 0 Å². The summed E-state index contributed by atoms with van der Waals surface area (Å²) in [5, 5.41) is 6.05. The SMILES string of the molecule is CCNC(=NCc1ccc(NC(=O)OC)cc1)N1CCC2(CCOC2)C1.I. The Labute approximate surface area is 177 Å². The average Bonchev–Trinajstić information content (AvgIpc) is 3.30. The fraction of sp³-hybridized carbons (Fsp3) is 0.579. The van der Waals surface area contributed by atoms with Crippen molar-refractivity contribution < 1.29 is 14.3 Å². The van der Waals surface area contributed by atoms with E-state index in [1.165, 1.54) is 13.5 Å². The smallest absolute Gasteiger partial charge is 0.411 e. The monoisotopic (exact) mass is 488 g/mol. The number of halogens is 1. The lowest BCUT2D eigenvalue weighted by Crippen LogP contribution is -2.41. The molecule has 0 saturated carbocycles. The highest BCUT2D eigenvalue weighted by Crippen LogP contribution is 2.38. The lowest BCUT2D eigenvalue weighted by Gasteiger charge is -2.25. The molecule has 2 aliphatic rings. The second-order valence-corrected chi connectivity index (χ2v) is 6.96. The summed E-state index contributed by atoms with van der Waals surface area (Å²) in [6, 6.07) is 7.65. The number of rotatable bonds is 4. The van der Waals surface area contributed by atoms with E-state index >= 15 is 0 Å². The standard InChI is InChI=1S/C19H28N4O3.HI/c1-3-20-17(23-10-8-19(13-23)9-11-26-14-19)21-12-15-4-6-16(7-5-15)22-18(24)25-2;/h4-7H,3,8-14H2,1-2H3,(H,20,21)(H,22,24);1H. The molecular formula is C19H29IN4O3. The van der Waals surface area contributed by atoms with Crippen LogP contribution in [0.15, 0.2) is 29.3 Å². The van der Waals surface area contributed by atoms with Gasteiger partial charge >= 0.3 is 6.09 Å². The van der Waals surface area contributed by atoms with Crippen LogP contribution in [0.2, 0.25) is 0 Å². The number of carbonyl (C=O) groups excluding carboxylic acids is 1. The van der Waals surface area contributed by atoms with E-state index in [1.54, 1.807) is 0 Å². The molecule has 2 N–H and O–H groups in total. The van der Waals surface area contributed by atoms with Crippen LogP contribution in [-0.4, -0.2) is 56.9 Å². The highest BCUT2D eigenvalue weighted by Gasteiger charge is 2.42. The molecule has 1 atom stereocenters. The number of nitrogens with zero attached hydrogens (tertiary/aromatic N) is 2. The molecule has 1 aromatic carbocycles. The summed E-state index contributed by atoms with van der Waals surface area (Å²) in [5.74, 6) is 0.966. The Morgan fingerprint density at radius 1 is 1.33 bits per heavy atom. The number of hydrogen-bond donors (Lipinski definition) is 2. The van der Waals surface area contributed by atoms with Crippen LogP contribution in [0.1, 0.15) is 25.3 Å². The zero-order valence-corrected chi connectivity index (χ0v) is 18.3. The number of methoxy groups -OCH3 is 1. The van der Waals surface area contributed by atoms with Gasteiger partial charge in [0.05, 0.1) is 20.3 Å². The predicted octanol–water partition coefficient (Wildman–Crippen LogP) is 3.06. The molecule has 2 fully saturated rings. The number of hydrogen-bond acceptors (Lipinski definition) is 4. The van der Waals surface area contributed by atoms with Crippen molar-refractivity contribution in [3.63, 3.8) is 0 Å². The number of benzene rings is 1. The number of ether oxygens (including phenoxy) is 2. The number of guanidine groups is 1. The number of nitrogens with one attached hydrogen (secondary N) is 2. The third-order valence-corrected chi connectivity index (χ3v) is 5.05. The summed E-state index contributed by atoms with van der Waals surface area (Å²) in [4.78, 5) is 18.4. The van der Waals surface area contributed by atoms with Crippen molar-refractivity contribution in [2.24, 2.45) is 10.4 Å². The third kappa shape index (κ3) is 5.71. The average molecular weight is 488 g/mol. The minimum atomic E-state index is -0.468. The number of carbonyl (C=O) groups is 1. The topological polar surface area (TPSA) is 75.2 Å². The first-order valence-electron chi connectivity index (χ1n) is 9.19. The van der Waals surface area contributed by atoms with Crippen LogP contribution in [0.25, 0.3) is 0 Å². The normalized spacial score (nSPS) is 21.9. The van der Waals surface area contributed by atoms with Gasteiger partial charge in [0.15, 0.2) is 5.96 Å². The van der Waals surface area contributed by atoms with Crippen molar-refractivity contribution in [2.75, 3.05) is 45.3 Å². The first-order valence-corrected chi connectivity index (χ1v) is 9.19. The zero-order valence-electron chi connectivity index (χ0n) is 16.0. The van der Waals surface area contributed by atoms with Crippen LogP contribution in [0, 0.1) is 5.41 Å². The number of aliphatic imine (C=N–C) groups is 1. The summed E-state index contributed by atoms with van der Waals surface area (Å²) in [5.41, 5.74) is 2.12. The van der Waals surface area contributed by atoms with Crippen LogP contribution < -0.4 is 10.6 Å². The molecule has 1 unspecified atom stereocenters. The van der Waals surface area contributed by atoms with Gasteiger partial charge in [0.1, 0.15) is 0 Å². The van der Waals surface area contributed by atoms with Gasteiger partial charge in [-0.15, -0.1) is 24.0 Å². The highest BCUT2D eigenvalue weighted by molar-refractivity contribution is 14.0. The van der Waals surface area contributed by atoms with E-state index < -0.39 is 6.09 Å². The van der Waals surface area contributed by atoms with Crippen LogP contribution in [0.3, 0.4) is 0 Å². The van der Waals surface area contributed by atoms with Gasteiger partial charge in [0.25, 0.3) is 0 Å². The fourth-order valence-corrected chi connectivity index (χ4v) is 3.54. The molecule has 0 aliphatic carbocycles. The highest BCUT2D eigenvalue weighted by atomic mass is 127. The maximum atomic E-state index is 11.2. The molecule has 7 nitrogen and oxygen atoms in total. The Morgan fingerprint density at radius 2 is 2.11 bits per heavy atom. The van der Waals surface area contributed by atoms with E-state index in [2.05, 4.69) is 27.2 Å². The van der Waals surface area contributed by atoms with Crippen LogP contribution in [-0.2, 0) is 16.0 Å². The van der Waals surface area contributed by atoms with Crippen LogP contribution >= 0.6 is 24.0 Å². The molecule has 8 heteroatoms. The van der Waals surface area contributed by atoms with E-state index in [-0.39, 0.29) is 24.0 Å². The van der Waals surface area contributed by atoms with Crippen molar-refractivity contribution >= 4 is 41.7 Å². The molecule has 1 amide bonds. The fourth-order valence-electron chi connectivity index (χ4n) is 3.54. The predicted molar refractivity (Wildman–Crippen MR) is 117 cm³/mol. The number of amides is 1. The summed E-state index contributed by atoms with van der Waals surface area (Å²) >= 11 is 0. The van der Waals surface area contributed by atoms with Gasteiger partial charge in [-0.1, -0.05) is 12.1 Å². The second kappa shape index (κ2) is 10.1. The van der Waals surface area contributed by atoms with Crippen molar-refractivity contribution in [3.05, 3.63) is 29.8 Å². The summed E-state index contributed by atoms with van der Waals surface area (Å²) in [6.07, 6.45) is 1.85. The van der Waals surface area contributed by atoms with Gasteiger partial charge in [-0.3, -0.25) is 5.32 Å². The van der Waals surface area contributed by atoms with E-state index in [0.717, 1.165) is 50.8 Å². The maximum Gasteiger partial charge on any atom is 0.411 e. The largest absolute Gasteiger partial charge is 0.453 e. The summed E-state index contributed by atoms with van der Waals surface area (Å²) in [7, 11) is 1.35. The van der Waals surface area contributed by atoms with Gasteiger partial charge in [-0.05, 0) is 37.5 Å². The zero-order chi connectivity index (χ0) is 18.4. The van der Waals surface area contributed by atoms with Gasteiger partial charge in [0, 0.05) is 37.3 Å². The van der Waals surface area contributed by atoms with Gasteiger partial charge in [0.2, 0.25) is 0 Å². The van der Waals surface area contributed by atoms with Crippen molar-refractivity contribution in [1.82, 2.24) is 10.2 Å². The summed E-state index contributed by atoms with van der Waals surface area (Å²) < 4.78 is 10.2. The van der Waals surface area contributed by atoms with E-state index in [1.807, 2.05) is 24.3 Å². The van der Waals surface area contributed by atoms with E-state index in [0.29, 0.717) is 17.6 Å². The molecule has 2 heterocycles. The molecular weight excluding hydrogens is 459 g/mol. The van der Waals surface area contributed by atoms with E-state index in [4.69, 9.17) is 9.73 Å². The minimum absolute atomic E-state index is 0. The molecule has 27 heavy (non-hydrogen) atoms. The molecule has 2 aliphatic heterocycles. The first-order chi connectivity index (χ1) is 12.6. The Bertz CT molecular complexity index is 645. The summed E-state index contributed by atoms with van der Waals surface area (Å²) in [6.45, 7) is 7.33. The van der Waals surface area contributed by atoms with E-state index in [9.17, 15) is 4.79 Å². The Hall–Kier alpha value is -1.55. The molecule has 150 valence electrons. The Morgan fingerprint density at radius 3 is 2.74 bits per heavy atom. The lowest BCUT2D eigenvalue weighted by atomic mass is 9.87. The lowest BCUT2D eigenvalue weighted by molar-refractivity contribution is 0.156. The molecule has 1 aromatic rings. The van der Waals surface area contributed by atoms with Gasteiger partial charge in [-0.2, -0.15) is 0 Å². The molecule has 0 aromatic heterocycles. The molecule has 3 rings (SSSR count). The Balaban J connectivity index is 0.00000261. The van der Waals surface area contributed by atoms with Gasteiger partial charge in [-0.25, -0.2) is 9.79 Å². The van der Waals surface area contributed by atoms with Crippen LogP contribution in [0.5, 0.6) is 0 Å². The number of anilines is 1. The quantitative estimate of drug-likeness (QED) is 0.387. The second-order valence-electron chi connectivity index (χ2n) is 6.96. The first kappa shape index (κ1) is 21.7. The van der Waals surface area contributed by atoms with Crippen molar-refractivity contribution in [3.8, 4) is 0 Å². The third-order valence-electron chi connectivity index (χ3n) is 5.05. The molecule has 0 radical (unpaired) electrons. The number of likely N-dealkylation sites (tertiary alicyclic amines) is 1. The molecule has 1 spiro atoms. The minimum Gasteiger partial charge on any atom is -0.453 e. The maximum absolute atomic E-state index is 11.2. The molecule has 2 saturated heterocycles. The van der Waals surface area contributed by atoms with Gasteiger partial charge < -0.3 is 19.7 Å². The van der Waals surface area contributed by atoms with Crippen LogP contribution in [0.4, 0.5) is 10.5 Å². The Kier molecular flexibility index (Phi) is 8.15.